The molecule has 0 aliphatic carbocycles. The summed E-state index contributed by atoms with van der Waals surface area (Å²) in [7, 11) is 1.75. The summed E-state index contributed by atoms with van der Waals surface area (Å²) in [5.41, 5.74) is 1.73. The van der Waals surface area contributed by atoms with Crippen molar-refractivity contribution in [1.29, 1.82) is 0 Å². The molecule has 0 aromatic heterocycles. The zero-order valence-corrected chi connectivity index (χ0v) is 12.8. The first kappa shape index (κ1) is 15.5. The van der Waals surface area contributed by atoms with E-state index in [1.807, 2.05) is 31.2 Å². The van der Waals surface area contributed by atoms with Crippen LogP contribution in [-0.4, -0.2) is 36.3 Å². The number of benzene rings is 1. The Hall–Kier alpha value is -1.88. The van der Waals surface area contributed by atoms with Crippen molar-refractivity contribution in [2.24, 2.45) is 5.92 Å². The maximum Gasteiger partial charge on any atom is 0.229 e. The Morgan fingerprint density at radius 3 is 2.71 bits per heavy atom. The lowest BCUT2D eigenvalue weighted by molar-refractivity contribution is -0.128. The topological polar surface area (TPSA) is 61.4 Å². The monoisotopic (exact) mass is 289 g/mol. The zero-order chi connectivity index (χ0) is 15.4. The summed E-state index contributed by atoms with van der Waals surface area (Å²) in [4.78, 5) is 25.4. The van der Waals surface area contributed by atoms with Gasteiger partial charge in [0, 0.05) is 32.2 Å². The van der Waals surface area contributed by atoms with Gasteiger partial charge in [-0.05, 0) is 31.5 Å². The highest BCUT2D eigenvalue weighted by Crippen LogP contribution is 2.21. The Bertz CT molecular complexity index is 530. The van der Waals surface area contributed by atoms with E-state index in [0.717, 1.165) is 24.2 Å². The first-order chi connectivity index (χ1) is 9.99. The van der Waals surface area contributed by atoms with Gasteiger partial charge in [0.2, 0.25) is 11.8 Å². The number of carbonyl (C=O) groups excluding carboxylic acids is 2. The summed E-state index contributed by atoms with van der Waals surface area (Å²) < 4.78 is 0. The summed E-state index contributed by atoms with van der Waals surface area (Å²) in [5, 5.41) is 6.29. The molecule has 2 unspecified atom stereocenters. The van der Waals surface area contributed by atoms with E-state index in [1.54, 1.807) is 11.9 Å². The molecule has 5 heteroatoms. The predicted octanol–water partition coefficient (Wildman–Crippen LogP) is 1.60. The fourth-order valence-corrected chi connectivity index (χ4v) is 2.59. The van der Waals surface area contributed by atoms with Gasteiger partial charge in [-0.1, -0.05) is 18.2 Å². The molecule has 2 rings (SSSR count). The molecule has 2 N–H and O–H groups in total. The predicted molar refractivity (Wildman–Crippen MR) is 82.8 cm³/mol. The van der Waals surface area contributed by atoms with Crippen molar-refractivity contribution in [3.63, 3.8) is 0 Å². The van der Waals surface area contributed by atoms with Gasteiger partial charge in [-0.25, -0.2) is 0 Å². The quantitative estimate of drug-likeness (QED) is 0.885. The Balaban J connectivity index is 2.09. The molecule has 5 nitrogen and oxygen atoms in total. The molecular weight excluding hydrogens is 266 g/mol. The van der Waals surface area contributed by atoms with Gasteiger partial charge in [0.15, 0.2) is 0 Å². The van der Waals surface area contributed by atoms with Crippen LogP contribution in [0.2, 0.25) is 0 Å². The molecule has 0 spiro atoms. The van der Waals surface area contributed by atoms with Crippen molar-refractivity contribution in [3.8, 4) is 0 Å². The third-order valence-corrected chi connectivity index (χ3v) is 4.08. The van der Waals surface area contributed by atoms with Crippen LogP contribution in [0.1, 0.15) is 25.8 Å². The van der Waals surface area contributed by atoms with Crippen LogP contribution in [0.5, 0.6) is 0 Å². The number of carbonyl (C=O) groups is 2. The number of hydrogen-bond acceptors (Lipinski definition) is 3. The molecule has 1 heterocycles. The third-order valence-electron chi connectivity index (χ3n) is 4.08. The normalized spacial score (nSPS) is 21.1. The second kappa shape index (κ2) is 6.72. The van der Waals surface area contributed by atoms with Crippen molar-refractivity contribution < 1.29 is 9.59 Å². The Morgan fingerprint density at radius 2 is 2.10 bits per heavy atom. The van der Waals surface area contributed by atoms with Crippen LogP contribution in [0.4, 0.5) is 5.69 Å². The molecule has 1 aliphatic heterocycles. The first-order valence-electron chi connectivity index (χ1n) is 7.33. The lowest BCUT2D eigenvalue weighted by Gasteiger charge is -2.20. The van der Waals surface area contributed by atoms with Crippen LogP contribution in [0.3, 0.4) is 0 Å². The van der Waals surface area contributed by atoms with Gasteiger partial charge >= 0.3 is 0 Å². The van der Waals surface area contributed by atoms with E-state index in [2.05, 4.69) is 10.6 Å². The van der Waals surface area contributed by atoms with Crippen LogP contribution in [-0.2, 0) is 16.1 Å². The van der Waals surface area contributed by atoms with Crippen molar-refractivity contribution in [2.75, 3.05) is 18.9 Å². The van der Waals surface area contributed by atoms with Gasteiger partial charge in [0.1, 0.15) is 0 Å². The van der Waals surface area contributed by atoms with Gasteiger partial charge < -0.3 is 15.5 Å². The molecule has 2 amide bonds. The van der Waals surface area contributed by atoms with E-state index in [9.17, 15) is 9.59 Å². The van der Waals surface area contributed by atoms with E-state index in [4.69, 9.17) is 0 Å². The molecule has 0 radical (unpaired) electrons. The van der Waals surface area contributed by atoms with E-state index in [1.165, 1.54) is 6.92 Å². The first-order valence-corrected chi connectivity index (χ1v) is 7.33. The summed E-state index contributed by atoms with van der Waals surface area (Å²) in [6.07, 6.45) is 0.864. The minimum Gasteiger partial charge on any atom is -0.342 e. The highest BCUT2D eigenvalue weighted by molar-refractivity contribution is 5.94. The number of rotatable bonds is 4. The minimum absolute atomic E-state index is 0.00333. The Labute approximate surface area is 125 Å². The maximum absolute atomic E-state index is 12.4. The highest BCUT2D eigenvalue weighted by Gasteiger charge is 2.29. The number of anilines is 1. The lowest BCUT2D eigenvalue weighted by atomic mass is 10.0. The molecule has 0 bridgehead atoms. The number of para-hydroxylation sites is 1. The number of amides is 2. The van der Waals surface area contributed by atoms with Crippen LogP contribution in [0.15, 0.2) is 24.3 Å². The molecule has 2 atom stereocenters. The van der Waals surface area contributed by atoms with Gasteiger partial charge in [0.05, 0.1) is 5.92 Å². The van der Waals surface area contributed by atoms with E-state index < -0.39 is 0 Å². The zero-order valence-electron chi connectivity index (χ0n) is 12.8. The second-order valence-electron chi connectivity index (χ2n) is 5.66. The molecule has 1 aromatic rings. The van der Waals surface area contributed by atoms with Crippen LogP contribution >= 0.6 is 0 Å². The van der Waals surface area contributed by atoms with Crippen molar-refractivity contribution in [2.45, 2.75) is 32.9 Å². The van der Waals surface area contributed by atoms with Crippen LogP contribution < -0.4 is 10.6 Å². The molecule has 1 saturated heterocycles. The number of nitrogens with one attached hydrogen (secondary N) is 2. The van der Waals surface area contributed by atoms with Gasteiger partial charge in [-0.15, -0.1) is 0 Å². The molecule has 1 fully saturated rings. The van der Waals surface area contributed by atoms with Crippen molar-refractivity contribution in [1.82, 2.24) is 10.2 Å². The lowest BCUT2D eigenvalue weighted by Crippen LogP contribution is -2.32. The molecule has 0 saturated carbocycles. The van der Waals surface area contributed by atoms with Gasteiger partial charge in [0.25, 0.3) is 0 Å². The van der Waals surface area contributed by atoms with Gasteiger partial charge in [-0.3, -0.25) is 9.59 Å². The smallest absolute Gasteiger partial charge is 0.229 e. The van der Waals surface area contributed by atoms with Crippen LogP contribution in [0.25, 0.3) is 0 Å². The highest BCUT2D eigenvalue weighted by atomic mass is 16.2. The molecule has 21 heavy (non-hydrogen) atoms. The molecule has 1 aromatic carbocycles. The van der Waals surface area contributed by atoms with Crippen LogP contribution in [0, 0.1) is 5.92 Å². The summed E-state index contributed by atoms with van der Waals surface area (Å²) >= 11 is 0. The van der Waals surface area contributed by atoms with E-state index in [0.29, 0.717) is 6.54 Å². The average molecular weight is 289 g/mol. The summed E-state index contributed by atoms with van der Waals surface area (Å²) in [6, 6.07) is 7.83. The SMILES string of the molecule is CC(=O)N(C)Cc1ccccc1NC(=O)C1CCNC1C. The summed E-state index contributed by atoms with van der Waals surface area (Å²) in [5.74, 6) is 0.0544. The van der Waals surface area contributed by atoms with Gasteiger partial charge in [-0.2, -0.15) is 0 Å². The fraction of sp³-hybridized carbons (Fsp3) is 0.500. The molecular formula is C16H23N3O2. The third kappa shape index (κ3) is 3.82. The van der Waals surface area contributed by atoms with Crippen molar-refractivity contribution in [3.05, 3.63) is 29.8 Å². The molecule has 1 aliphatic rings. The van der Waals surface area contributed by atoms with Crippen molar-refractivity contribution >= 4 is 17.5 Å². The van der Waals surface area contributed by atoms with E-state index >= 15 is 0 Å². The molecule has 114 valence electrons. The Morgan fingerprint density at radius 1 is 1.38 bits per heavy atom. The summed E-state index contributed by atoms with van der Waals surface area (Å²) in [6.45, 7) is 4.94. The average Bonchev–Trinajstić information content (AvgIpc) is 2.87. The largest absolute Gasteiger partial charge is 0.342 e. The second-order valence-corrected chi connectivity index (χ2v) is 5.66. The fourth-order valence-electron chi connectivity index (χ4n) is 2.59. The Kier molecular flexibility index (Phi) is 4.96. The number of hydrogen-bond donors (Lipinski definition) is 2. The minimum atomic E-state index is 0.00333. The number of nitrogens with zero attached hydrogens (tertiary/aromatic N) is 1. The standard InChI is InChI=1S/C16H23N3O2/c1-11-14(8-9-17-11)16(21)18-15-7-5-4-6-13(15)10-19(3)12(2)20/h4-7,11,14,17H,8-10H2,1-3H3,(H,18,21). The maximum atomic E-state index is 12.4. The van der Waals surface area contributed by atoms with E-state index in [-0.39, 0.29) is 23.8 Å².